The van der Waals surface area contributed by atoms with Crippen molar-refractivity contribution in [1.82, 2.24) is 0 Å². The van der Waals surface area contributed by atoms with Crippen LogP contribution in [0.1, 0.15) is 6.42 Å². The Bertz CT molecular complexity index is 139. The first-order valence-electron chi connectivity index (χ1n) is 4.84. The van der Waals surface area contributed by atoms with Gasteiger partial charge in [0.15, 0.2) is 0 Å². The van der Waals surface area contributed by atoms with Gasteiger partial charge in [0.05, 0.1) is 26.4 Å². The fraction of sp³-hybridized carbons (Fsp3) is 1.00. The van der Waals surface area contributed by atoms with Crippen LogP contribution in [-0.4, -0.2) is 51.8 Å². The predicted octanol–water partition coefficient (Wildman–Crippen LogP) is 0.207. The molecule has 2 fully saturated rings. The average Bonchev–Trinajstić information content (AvgIpc) is 2.91. The lowest BCUT2D eigenvalue weighted by atomic mass is 10.4. The summed E-state index contributed by atoms with van der Waals surface area (Å²) >= 11 is 0. The van der Waals surface area contributed by atoms with Crippen LogP contribution in [0.15, 0.2) is 0 Å². The summed E-state index contributed by atoms with van der Waals surface area (Å²) in [4.78, 5) is 0. The van der Waals surface area contributed by atoms with Crippen molar-refractivity contribution in [2.75, 3.05) is 39.6 Å². The topological polar surface area (TPSA) is 40.2 Å². The Morgan fingerprint density at radius 2 is 1.77 bits per heavy atom. The van der Waals surface area contributed by atoms with Crippen molar-refractivity contribution in [3.05, 3.63) is 0 Å². The molecule has 0 radical (unpaired) electrons. The summed E-state index contributed by atoms with van der Waals surface area (Å²) < 4.78 is 21.3. The Hall–Kier alpha value is -0.160. The van der Waals surface area contributed by atoms with E-state index >= 15 is 0 Å². The van der Waals surface area contributed by atoms with Gasteiger partial charge in [-0.15, -0.1) is 0 Å². The van der Waals surface area contributed by atoms with Gasteiger partial charge in [0, 0.05) is 13.2 Å². The quantitative estimate of drug-likeness (QED) is 0.591. The highest BCUT2D eigenvalue weighted by Crippen LogP contribution is 2.09. The van der Waals surface area contributed by atoms with E-state index in [0.29, 0.717) is 25.9 Å². The minimum Gasteiger partial charge on any atom is -0.379 e. The first kappa shape index (κ1) is 9.40. The molecule has 0 amide bonds. The second-order valence-corrected chi connectivity index (χ2v) is 3.41. The zero-order chi connectivity index (χ0) is 8.93. The van der Waals surface area contributed by atoms with E-state index in [4.69, 9.17) is 18.9 Å². The third-order valence-electron chi connectivity index (χ3n) is 2.10. The smallest absolute Gasteiger partial charge is 0.104 e. The van der Waals surface area contributed by atoms with E-state index in [1.807, 2.05) is 0 Å². The third kappa shape index (κ3) is 3.60. The van der Waals surface area contributed by atoms with E-state index in [2.05, 4.69) is 0 Å². The third-order valence-corrected chi connectivity index (χ3v) is 2.10. The number of hydrogen-bond donors (Lipinski definition) is 0. The zero-order valence-electron chi connectivity index (χ0n) is 7.74. The highest BCUT2D eigenvalue weighted by molar-refractivity contribution is 4.68. The Kier molecular flexibility index (Phi) is 3.55. The summed E-state index contributed by atoms with van der Waals surface area (Å²) in [5.74, 6) is 0. The minimum absolute atomic E-state index is 0.112. The molecule has 2 rings (SSSR count). The summed E-state index contributed by atoms with van der Waals surface area (Å²) in [5.41, 5.74) is 0. The lowest BCUT2D eigenvalue weighted by Crippen LogP contribution is -2.24. The number of epoxide rings is 1. The second-order valence-electron chi connectivity index (χ2n) is 3.41. The van der Waals surface area contributed by atoms with Gasteiger partial charge in [0.2, 0.25) is 0 Å². The Labute approximate surface area is 78.1 Å². The van der Waals surface area contributed by atoms with Crippen molar-refractivity contribution in [3.63, 3.8) is 0 Å². The van der Waals surface area contributed by atoms with Crippen LogP contribution < -0.4 is 0 Å². The molecule has 2 unspecified atom stereocenters. The van der Waals surface area contributed by atoms with Crippen LogP contribution >= 0.6 is 0 Å². The Morgan fingerprint density at radius 1 is 1.00 bits per heavy atom. The fourth-order valence-electron chi connectivity index (χ4n) is 1.27. The SMILES string of the molecule is C1COCC(COCC2CO2)OC1. The normalized spacial score (nSPS) is 34.2. The summed E-state index contributed by atoms with van der Waals surface area (Å²) in [5, 5.41) is 0. The monoisotopic (exact) mass is 188 g/mol. The standard InChI is InChI=1S/C9H16O4/c1-2-10-4-8(12-3-1)5-11-6-9-7-13-9/h8-9H,1-7H2. The summed E-state index contributed by atoms with van der Waals surface area (Å²) in [7, 11) is 0. The molecule has 2 saturated heterocycles. The van der Waals surface area contributed by atoms with Gasteiger partial charge in [0.25, 0.3) is 0 Å². The van der Waals surface area contributed by atoms with Crippen LogP contribution in [0, 0.1) is 0 Å². The van der Waals surface area contributed by atoms with Crippen molar-refractivity contribution < 1.29 is 18.9 Å². The van der Waals surface area contributed by atoms with Crippen LogP contribution in [0.2, 0.25) is 0 Å². The van der Waals surface area contributed by atoms with E-state index < -0.39 is 0 Å². The van der Waals surface area contributed by atoms with Gasteiger partial charge in [-0.2, -0.15) is 0 Å². The van der Waals surface area contributed by atoms with E-state index in [0.717, 1.165) is 26.2 Å². The molecule has 0 aromatic heterocycles. The van der Waals surface area contributed by atoms with Crippen LogP contribution in [0.3, 0.4) is 0 Å². The summed E-state index contributed by atoms with van der Waals surface area (Å²) in [6.45, 7) is 4.42. The Morgan fingerprint density at radius 3 is 2.54 bits per heavy atom. The van der Waals surface area contributed by atoms with Crippen molar-refractivity contribution in [2.45, 2.75) is 18.6 Å². The molecular formula is C9H16O4. The highest BCUT2D eigenvalue weighted by atomic mass is 16.6. The van der Waals surface area contributed by atoms with Crippen molar-refractivity contribution in [1.29, 1.82) is 0 Å². The van der Waals surface area contributed by atoms with Crippen molar-refractivity contribution >= 4 is 0 Å². The van der Waals surface area contributed by atoms with Gasteiger partial charge in [0.1, 0.15) is 12.2 Å². The molecule has 2 heterocycles. The average molecular weight is 188 g/mol. The maximum absolute atomic E-state index is 5.51. The van der Waals surface area contributed by atoms with Gasteiger partial charge in [-0.05, 0) is 6.42 Å². The van der Waals surface area contributed by atoms with Crippen LogP contribution in [0.25, 0.3) is 0 Å². The van der Waals surface area contributed by atoms with E-state index in [1.54, 1.807) is 0 Å². The molecule has 0 bridgehead atoms. The van der Waals surface area contributed by atoms with Crippen LogP contribution in [0.4, 0.5) is 0 Å². The summed E-state index contributed by atoms with van der Waals surface area (Å²) in [6, 6.07) is 0. The molecule has 0 aromatic carbocycles. The van der Waals surface area contributed by atoms with Gasteiger partial charge in [-0.1, -0.05) is 0 Å². The van der Waals surface area contributed by atoms with Crippen LogP contribution in [0.5, 0.6) is 0 Å². The first-order chi connectivity index (χ1) is 6.45. The van der Waals surface area contributed by atoms with Gasteiger partial charge < -0.3 is 18.9 Å². The molecule has 0 aromatic rings. The second kappa shape index (κ2) is 4.91. The van der Waals surface area contributed by atoms with E-state index in [9.17, 15) is 0 Å². The number of rotatable bonds is 4. The van der Waals surface area contributed by atoms with Gasteiger partial charge >= 0.3 is 0 Å². The van der Waals surface area contributed by atoms with Gasteiger partial charge in [-0.25, -0.2) is 0 Å². The number of hydrogen-bond acceptors (Lipinski definition) is 4. The molecule has 13 heavy (non-hydrogen) atoms. The van der Waals surface area contributed by atoms with Crippen LogP contribution in [-0.2, 0) is 18.9 Å². The van der Waals surface area contributed by atoms with E-state index in [1.165, 1.54) is 0 Å². The highest BCUT2D eigenvalue weighted by Gasteiger charge is 2.23. The maximum atomic E-state index is 5.51. The van der Waals surface area contributed by atoms with Crippen molar-refractivity contribution in [2.24, 2.45) is 0 Å². The molecule has 0 aliphatic carbocycles. The molecule has 0 spiro atoms. The largest absolute Gasteiger partial charge is 0.379 e. The molecule has 76 valence electrons. The lowest BCUT2D eigenvalue weighted by molar-refractivity contribution is -0.0353. The number of ether oxygens (including phenoxy) is 4. The first-order valence-corrected chi connectivity index (χ1v) is 4.84. The van der Waals surface area contributed by atoms with Gasteiger partial charge in [-0.3, -0.25) is 0 Å². The Balaban J connectivity index is 1.55. The molecule has 0 saturated carbocycles. The fourth-order valence-corrected chi connectivity index (χ4v) is 1.27. The molecule has 0 N–H and O–H groups in total. The maximum Gasteiger partial charge on any atom is 0.104 e. The van der Waals surface area contributed by atoms with Crippen molar-refractivity contribution in [3.8, 4) is 0 Å². The molecule has 4 heteroatoms. The molecule has 2 atom stereocenters. The lowest BCUT2D eigenvalue weighted by Gasteiger charge is -2.13. The molecule has 2 aliphatic heterocycles. The van der Waals surface area contributed by atoms with E-state index in [-0.39, 0.29) is 6.10 Å². The zero-order valence-corrected chi connectivity index (χ0v) is 7.74. The molecule has 2 aliphatic rings. The molecular weight excluding hydrogens is 172 g/mol. The molecule has 4 nitrogen and oxygen atoms in total. The minimum atomic E-state index is 0.112. The predicted molar refractivity (Wildman–Crippen MR) is 45.7 cm³/mol. The summed E-state index contributed by atoms with van der Waals surface area (Å²) in [6.07, 6.45) is 1.44.